The minimum absolute atomic E-state index is 0.216. The van der Waals surface area contributed by atoms with Gasteiger partial charge in [0.05, 0.1) is 13.2 Å². The Hall–Kier alpha value is -1.91. The molecule has 1 atom stereocenters. The third kappa shape index (κ3) is 2.81. The van der Waals surface area contributed by atoms with Crippen molar-refractivity contribution in [2.24, 2.45) is 5.84 Å². The van der Waals surface area contributed by atoms with Crippen LogP contribution in [0.1, 0.15) is 29.7 Å². The Labute approximate surface area is 118 Å². The van der Waals surface area contributed by atoms with Gasteiger partial charge in [0.25, 0.3) is 0 Å². The number of hydrogen-bond acceptors (Lipinski definition) is 3. The average Bonchev–Trinajstić information content (AvgIpc) is 2.50. The van der Waals surface area contributed by atoms with E-state index in [4.69, 9.17) is 10.6 Å². The van der Waals surface area contributed by atoms with E-state index >= 15 is 0 Å². The van der Waals surface area contributed by atoms with Crippen LogP contribution >= 0.6 is 0 Å². The summed E-state index contributed by atoms with van der Waals surface area (Å²) >= 11 is 0. The topological polar surface area (TPSA) is 47.3 Å². The molecule has 0 aliphatic carbocycles. The van der Waals surface area contributed by atoms with Gasteiger partial charge in [0.15, 0.2) is 11.6 Å². The van der Waals surface area contributed by atoms with Gasteiger partial charge in [0.1, 0.15) is 0 Å². The lowest BCUT2D eigenvalue weighted by atomic mass is 9.97. The van der Waals surface area contributed by atoms with Crippen LogP contribution in [-0.2, 0) is 6.42 Å². The molecule has 0 aromatic heterocycles. The van der Waals surface area contributed by atoms with E-state index in [1.807, 2.05) is 24.3 Å². The van der Waals surface area contributed by atoms with Crippen molar-refractivity contribution >= 4 is 0 Å². The van der Waals surface area contributed by atoms with Crippen molar-refractivity contribution in [3.8, 4) is 5.75 Å². The zero-order valence-corrected chi connectivity index (χ0v) is 11.7. The van der Waals surface area contributed by atoms with E-state index in [-0.39, 0.29) is 5.75 Å². The molecule has 0 amide bonds. The molecule has 2 aromatic carbocycles. The number of hydrazine groups is 1. The summed E-state index contributed by atoms with van der Waals surface area (Å²) in [5.74, 6) is 5.43. The lowest BCUT2D eigenvalue weighted by molar-refractivity contribution is 0.381. The summed E-state index contributed by atoms with van der Waals surface area (Å²) in [4.78, 5) is 0. The van der Waals surface area contributed by atoms with Crippen LogP contribution < -0.4 is 16.0 Å². The molecule has 3 nitrogen and oxygen atoms in total. The molecule has 0 spiro atoms. The fourth-order valence-corrected chi connectivity index (χ4v) is 2.22. The molecule has 3 N–H and O–H groups in total. The van der Waals surface area contributed by atoms with Crippen LogP contribution in [-0.4, -0.2) is 7.11 Å². The zero-order chi connectivity index (χ0) is 14.5. The van der Waals surface area contributed by atoms with Gasteiger partial charge < -0.3 is 4.74 Å². The quantitative estimate of drug-likeness (QED) is 0.651. The molecular formula is C16H19FN2O. The van der Waals surface area contributed by atoms with Gasteiger partial charge in [-0.2, -0.15) is 0 Å². The molecule has 0 aliphatic heterocycles. The molecule has 0 saturated heterocycles. The standard InChI is InChI=1S/C16H19FN2O/c1-3-11-7-9-12(10-8-11)16(19-18)13-5-4-6-14(20-2)15(13)17/h4-10,16,19H,3,18H2,1-2H3. The predicted molar refractivity (Wildman–Crippen MR) is 77.9 cm³/mol. The number of benzene rings is 2. The van der Waals surface area contributed by atoms with Gasteiger partial charge >= 0.3 is 0 Å². The summed E-state index contributed by atoms with van der Waals surface area (Å²) in [6.07, 6.45) is 0.967. The van der Waals surface area contributed by atoms with E-state index in [0.717, 1.165) is 12.0 Å². The lowest BCUT2D eigenvalue weighted by Crippen LogP contribution is -2.29. The van der Waals surface area contributed by atoms with Gasteiger partial charge in [-0.15, -0.1) is 0 Å². The molecule has 4 heteroatoms. The number of aryl methyl sites for hydroxylation is 1. The number of ether oxygens (including phenoxy) is 1. The number of rotatable bonds is 5. The van der Waals surface area contributed by atoms with Crippen molar-refractivity contribution in [3.63, 3.8) is 0 Å². The molecule has 0 radical (unpaired) electrons. The summed E-state index contributed by atoms with van der Waals surface area (Å²) in [6, 6.07) is 12.6. The molecule has 2 rings (SSSR count). The van der Waals surface area contributed by atoms with Gasteiger partial charge in [0.2, 0.25) is 0 Å². The average molecular weight is 274 g/mol. The second kappa shape index (κ2) is 6.50. The van der Waals surface area contributed by atoms with Gasteiger partial charge in [-0.05, 0) is 23.6 Å². The number of halogens is 1. The van der Waals surface area contributed by atoms with E-state index in [2.05, 4.69) is 12.3 Å². The first-order valence-electron chi connectivity index (χ1n) is 6.58. The highest BCUT2D eigenvalue weighted by Gasteiger charge is 2.19. The minimum Gasteiger partial charge on any atom is -0.494 e. The highest BCUT2D eigenvalue weighted by Crippen LogP contribution is 2.29. The molecule has 0 aliphatic rings. The first kappa shape index (κ1) is 14.5. The number of nitrogens with one attached hydrogen (secondary N) is 1. The van der Waals surface area contributed by atoms with Crippen molar-refractivity contribution in [2.45, 2.75) is 19.4 Å². The first-order chi connectivity index (χ1) is 9.71. The van der Waals surface area contributed by atoms with Gasteiger partial charge in [-0.25, -0.2) is 9.82 Å². The number of methoxy groups -OCH3 is 1. The Bertz CT molecular complexity index is 569. The highest BCUT2D eigenvalue weighted by molar-refractivity contribution is 5.39. The van der Waals surface area contributed by atoms with Crippen molar-refractivity contribution in [3.05, 3.63) is 65.0 Å². The number of nitrogens with two attached hydrogens (primary N) is 1. The predicted octanol–water partition coefficient (Wildman–Crippen LogP) is 2.95. The lowest BCUT2D eigenvalue weighted by Gasteiger charge is -2.19. The fraction of sp³-hybridized carbons (Fsp3) is 0.250. The Balaban J connectivity index is 2.41. The molecule has 0 fully saturated rings. The number of hydrogen-bond donors (Lipinski definition) is 2. The van der Waals surface area contributed by atoms with Crippen molar-refractivity contribution < 1.29 is 9.13 Å². The normalized spacial score (nSPS) is 12.2. The summed E-state index contributed by atoms with van der Waals surface area (Å²) in [5, 5.41) is 0. The highest BCUT2D eigenvalue weighted by atomic mass is 19.1. The monoisotopic (exact) mass is 274 g/mol. The van der Waals surface area contributed by atoms with Crippen LogP contribution in [0, 0.1) is 5.82 Å². The minimum atomic E-state index is -0.406. The van der Waals surface area contributed by atoms with E-state index in [0.29, 0.717) is 5.56 Å². The maximum Gasteiger partial charge on any atom is 0.170 e. The largest absolute Gasteiger partial charge is 0.494 e. The molecule has 1 unspecified atom stereocenters. The van der Waals surface area contributed by atoms with E-state index in [1.54, 1.807) is 18.2 Å². The van der Waals surface area contributed by atoms with Crippen LogP contribution in [0.5, 0.6) is 5.75 Å². The maximum atomic E-state index is 14.3. The van der Waals surface area contributed by atoms with Gasteiger partial charge in [-0.3, -0.25) is 5.84 Å². The molecule has 20 heavy (non-hydrogen) atoms. The summed E-state index contributed by atoms with van der Waals surface area (Å²) in [7, 11) is 1.45. The van der Waals surface area contributed by atoms with E-state index in [9.17, 15) is 4.39 Å². The van der Waals surface area contributed by atoms with E-state index in [1.165, 1.54) is 12.7 Å². The zero-order valence-electron chi connectivity index (χ0n) is 11.7. The smallest absolute Gasteiger partial charge is 0.170 e. The third-order valence-electron chi connectivity index (χ3n) is 3.41. The van der Waals surface area contributed by atoms with E-state index < -0.39 is 11.9 Å². The van der Waals surface area contributed by atoms with Crippen LogP contribution in [0.3, 0.4) is 0 Å². The Morgan fingerprint density at radius 3 is 2.45 bits per heavy atom. The first-order valence-corrected chi connectivity index (χ1v) is 6.58. The fourth-order valence-electron chi connectivity index (χ4n) is 2.22. The van der Waals surface area contributed by atoms with Crippen molar-refractivity contribution in [1.82, 2.24) is 5.43 Å². The van der Waals surface area contributed by atoms with Crippen LogP contribution in [0.2, 0.25) is 0 Å². The third-order valence-corrected chi connectivity index (χ3v) is 3.41. The Morgan fingerprint density at radius 1 is 1.20 bits per heavy atom. The van der Waals surface area contributed by atoms with Gasteiger partial charge in [0, 0.05) is 5.56 Å². The van der Waals surface area contributed by atoms with Crippen LogP contribution in [0.25, 0.3) is 0 Å². The molecule has 0 saturated carbocycles. The summed E-state index contributed by atoms with van der Waals surface area (Å²) in [5.41, 5.74) is 5.28. The van der Waals surface area contributed by atoms with Crippen LogP contribution in [0.15, 0.2) is 42.5 Å². The Morgan fingerprint density at radius 2 is 1.90 bits per heavy atom. The molecular weight excluding hydrogens is 255 g/mol. The Kier molecular flexibility index (Phi) is 4.71. The second-order valence-corrected chi connectivity index (χ2v) is 4.56. The molecule has 0 heterocycles. The summed E-state index contributed by atoms with van der Waals surface area (Å²) < 4.78 is 19.3. The second-order valence-electron chi connectivity index (χ2n) is 4.56. The maximum absolute atomic E-state index is 14.3. The molecule has 0 bridgehead atoms. The molecule has 106 valence electrons. The van der Waals surface area contributed by atoms with Crippen molar-refractivity contribution in [1.29, 1.82) is 0 Å². The SMILES string of the molecule is CCc1ccc(C(NN)c2cccc(OC)c2F)cc1. The van der Waals surface area contributed by atoms with Crippen molar-refractivity contribution in [2.75, 3.05) is 7.11 Å². The van der Waals surface area contributed by atoms with Crippen LogP contribution in [0.4, 0.5) is 4.39 Å². The molecule has 2 aromatic rings. The van der Waals surface area contributed by atoms with Gasteiger partial charge in [-0.1, -0.05) is 43.3 Å². The summed E-state index contributed by atoms with van der Waals surface area (Å²) in [6.45, 7) is 2.09.